The molecular weight excluding hydrogens is 276 g/mol. The molecule has 0 aliphatic carbocycles. The normalized spacial score (nSPS) is 10.6. The number of nitrogens with one attached hydrogen (secondary N) is 2. The molecule has 1 amide bonds. The van der Waals surface area contributed by atoms with Gasteiger partial charge in [0, 0.05) is 22.8 Å². The van der Waals surface area contributed by atoms with Crippen LogP contribution in [0.15, 0.2) is 41.7 Å². The molecule has 0 fully saturated rings. The van der Waals surface area contributed by atoms with Gasteiger partial charge >= 0.3 is 0 Å². The van der Waals surface area contributed by atoms with Crippen molar-refractivity contribution in [1.82, 2.24) is 20.3 Å². The van der Waals surface area contributed by atoms with Gasteiger partial charge in [-0.1, -0.05) is 0 Å². The third-order valence-corrected chi connectivity index (χ3v) is 3.79. The number of fused-ring (bicyclic) bond motifs is 1. The van der Waals surface area contributed by atoms with Crippen LogP contribution in [0.2, 0.25) is 0 Å². The van der Waals surface area contributed by atoms with Gasteiger partial charge in [-0.15, -0.1) is 11.3 Å². The lowest BCUT2D eigenvalue weighted by Gasteiger charge is -2.02. The van der Waals surface area contributed by atoms with Crippen LogP contribution < -0.4 is 10.9 Å². The number of aromatic amines is 1. The summed E-state index contributed by atoms with van der Waals surface area (Å²) in [7, 11) is 0. The molecule has 20 heavy (non-hydrogen) atoms. The van der Waals surface area contributed by atoms with Crippen LogP contribution in [-0.4, -0.2) is 20.9 Å². The van der Waals surface area contributed by atoms with E-state index in [1.807, 2.05) is 0 Å². The van der Waals surface area contributed by atoms with Gasteiger partial charge in [-0.25, -0.2) is 4.98 Å². The maximum absolute atomic E-state index is 11.9. The van der Waals surface area contributed by atoms with Gasteiger partial charge in [-0.05, 0) is 18.2 Å². The van der Waals surface area contributed by atoms with Crippen LogP contribution in [0, 0.1) is 0 Å². The van der Waals surface area contributed by atoms with Crippen LogP contribution in [0.4, 0.5) is 0 Å². The SMILES string of the molecule is O=C(NCc1cc2c(=O)[nH]cnc2s1)c1ccncc1. The zero-order chi connectivity index (χ0) is 13.9. The summed E-state index contributed by atoms with van der Waals surface area (Å²) in [4.78, 5) is 35.5. The number of aromatic nitrogens is 3. The Hall–Kier alpha value is -2.54. The maximum atomic E-state index is 11.9. The molecule has 3 aromatic heterocycles. The molecule has 3 heterocycles. The molecule has 2 N–H and O–H groups in total. The molecule has 0 spiro atoms. The largest absolute Gasteiger partial charge is 0.347 e. The van der Waals surface area contributed by atoms with Gasteiger partial charge < -0.3 is 10.3 Å². The van der Waals surface area contributed by atoms with E-state index in [-0.39, 0.29) is 11.5 Å². The summed E-state index contributed by atoms with van der Waals surface area (Å²) < 4.78 is 0. The second-order valence-electron chi connectivity index (χ2n) is 4.08. The summed E-state index contributed by atoms with van der Waals surface area (Å²) in [5.74, 6) is -0.174. The zero-order valence-electron chi connectivity index (χ0n) is 10.3. The average molecular weight is 286 g/mol. The summed E-state index contributed by atoms with van der Waals surface area (Å²) in [5, 5.41) is 3.35. The quantitative estimate of drug-likeness (QED) is 0.760. The molecule has 0 aliphatic heterocycles. The highest BCUT2D eigenvalue weighted by Gasteiger charge is 2.08. The minimum atomic E-state index is -0.174. The highest BCUT2D eigenvalue weighted by atomic mass is 32.1. The monoisotopic (exact) mass is 286 g/mol. The molecule has 0 bridgehead atoms. The molecule has 100 valence electrons. The van der Waals surface area contributed by atoms with Gasteiger partial charge in [0.25, 0.3) is 11.5 Å². The summed E-state index contributed by atoms with van der Waals surface area (Å²) in [6.07, 6.45) is 4.51. The molecule has 0 unspecified atom stereocenters. The van der Waals surface area contributed by atoms with E-state index in [2.05, 4.69) is 20.3 Å². The first-order chi connectivity index (χ1) is 9.74. The van der Waals surface area contributed by atoms with Crippen molar-refractivity contribution in [2.24, 2.45) is 0 Å². The smallest absolute Gasteiger partial charge is 0.259 e. The standard InChI is InChI=1S/C13H10N4O2S/c18-11(8-1-3-14-4-2-8)15-6-9-5-10-12(19)16-7-17-13(10)20-9/h1-5,7H,6H2,(H,15,18)(H,16,17,19). The van der Waals surface area contributed by atoms with Gasteiger partial charge in [0.15, 0.2) is 0 Å². The molecule has 0 saturated carbocycles. The molecule has 3 rings (SSSR count). The highest BCUT2D eigenvalue weighted by molar-refractivity contribution is 7.18. The third-order valence-electron chi connectivity index (χ3n) is 2.75. The van der Waals surface area contributed by atoms with Crippen molar-refractivity contribution in [1.29, 1.82) is 0 Å². The van der Waals surface area contributed by atoms with Crippen LogP contribution in [0.25, 0.3) is 10.2 Å². The van der Waals surface area contributed by atoms with Gasteiger partial charge in [-0.2, -0.15) is 0 Å². The number of carbonyl (C=O) groups is 1. The lowest BCUT2D eigenvalue weighted by Crippen LogP contribution is -2.22. The summed E-state index contributed by atoms with van der Waals surface area (Å²) >= 11 is 1.39. The van der Waals surface area contributed by atoms with E-state index in [9.17, 15) is 9.59 Å². The van der Waals surface area contributed by atoms with Gasteiger partial charge in [0.1, 0.15) is 4.83 Å². The second-order valence-corrected chi connectivity index (χ2v) is 5.20. The number of thiophene rings is 1. The van der Waals surface area contributed by atoms with E-state index >= 15 is 0 Å². The average Bonchev–Trinajstić information content (AvgIpc) is 2.90. The predicted octanol–water partition coefficient (Wildman–Crippen LogP) is 1.31. The fourth-order valence-corrected chi connectivity index (χ4v) is 2.71. The molecule has 3 aromatic rings. The van der Waals surface area contributed by atoms with E-state index in [0.29, 0.717) is 22.3 Å². The van der Waals surface area contributed by atoms with Gasteiger partial charge in [0.05, 0.1) is 18.3 Å². The fourth-order valence-electron chi connectivity index (χ4n) is 1.78. The topological polar surface area (TPSA) is 87.7 Å². The minimum absolute atomic E-state index is 0.169. The Morgan fingerprint density at radius 2 is 2.15 bits per heavy atom. The van der Waals surface area contributed by atoms with Gasteiger partial charge in [-0.3, -0.25) is 14.6 Å². The number of amides is 1. The van der Waals surface area contributed by atoms with Crippen molar-refractivity contribution in [3.8, 4) is 0 Å². The lowest BCUT2D eigenvalue weighted by atomic mass is 10.2. The molecule has 0 radical (unpaired) electrons. The van der Waals surface area contributed by atoms with Crippen molar-refractivity contribution < 1.29 is 4.79 Å². The first-order valence-corrected chi connectivity index (χ1v) is 6.70. The fraction of sp³-hybridized carbons (Fsp3) is 0.0769. The van der Waals surface area contributed by atoms with E-state index in [4.69, 9.17) is 0 Å². The molecule has 7 heteroatoms. The van der Waals surface area contributed by atoms with Crippen LogP contribution in [-0.2, 0) is 6.54 Å². The Balaban J connectivity index is 1.76. The number of H-pyrrole nitrogens is 1. The first kappa shape index (κ1) is 12.5. The van der Waals surface area contributed by atoms with E-state index in [1.54, 1.807) is 30.6 Å². The molecule has 0 aliphatic rings. The number of hydrogen-bond donors (Lipinski definition) is 2. The van der Waals surface area contributed by atoms with Crippen LogP contribution in [0.5, 0.6) is 0 Å². The Morgan fingerprint density at radius 1 is 1.35 bits per heavy atom. The molecule has 0 aromatic carbocycles. The van der Waals surface area contributed by atoms with Crippen LogP contribution in [0.1, 0.15) is 15.2 Å². The number of nitrogens with zero attached hydrogens (tertiary/aromatic N) is 2. The molecule has 0 saturated heterocycles. The van der Waals surface area contributed by atoms with Crippen molar-refractivity contribution in [2.45, 2.75) is 6.54 Å². The summed E-state index contributed by atoms with van der Waals surface area (Å²) in [5.41, 5.74) is 0.384. The van der Waals surface area contributed by atoms with Crippen molar-refractivity contribution >= 4 is 27.5 Å². The number of pyridine rings is 1. The van der Waals surface area contributed by atoms with Crippen LogP contribution >= 0.6 is 11.3 Å². The molecule has 0 atom stereocenters. The van der Waals surface area contributed by atoms with Gasteiger partial charge in [0.2, 0.25) is 0 Å². The molecular formula is C13H10N4O2S. The second kappa shape index (κ2) is 5.22. The van der Waals surface area contributed by atoms with Crippen molar-refractivity contribution in [2.75, 3.05) is 0 Å². The lowest BCUT2D eigenvalue weighted by molar-refractivity contribution is 0.0951. The Morgan fingerprint density at radius 3 is 2.90 bits per heavy atom. The summed E-state index contributed by atoms with van der Waals surface area (Å²) in [6, 6.07) is 5.04. The molecule has 6 nitrogen and oxygen atoms in total. The van der Waals surface area contributed by atoms with Crippen molar-refractivity contribution in [3.05, 3.63) is 57.7 Å². The third kappa shape index (κ3) is 2.43. The van der Waals surface area contributed by atoms with E-state index < -0.39 is 0 Å². The van der Waals surface area contributed by atoms with E-state index in [1.165, 1.54) is 17.7 Å². The van der Waals surface area contributed by atoms with Crippen molar-refractivity contribution in [3.63, 3.8) is 0 Å². The number of carbonyl (C=O) groups excluding carboxylic acids is 1. The number of hydrogen-bond acceptors (Lipinski definition) is 5. The summed E-state index contributed by atoms with van der Waals surface area (Å²) in [6.45, 7) is 0.363. The van der Waals surface area contributed by atoms with Crippen LogP contribution in [0.3, 0.4) is 0 Å². The maximum Gasteiger partial charge on any atom is 0.259 e. The number of rotatable bonds is 3. The Labute approximate surface area is 117 Å². The van der Waals surface area contributed by atoms with E-state index in [0.717, 1.165) is 4.88 Å². The first-order valence-electron chi connectivity index (χ1n) is 5.88. The highest BCUT2D eigenvalue weighted by Crippen LogP contribution is 2.20. The predicted molar refractivity (Wildman–Crippen MR) is 75.6 cm³/mol. The Kier molecular flexibility index (Phi) is 3.26. The zero-order valence-corrected chi connectivity index (χ0v) is 11.1. The minimum Gasteiger partial charge on any atom is -0.347 e. The Bertz CT molecular complexity index is 810.